The van der Waals surface area contributed by atoms with Crippen molar-refractivity contribution in [2.75, 3.05) is 7.11 Å². The van der Waals surface area contributed by atoms with Crippen LogP contribution < -0.4 is 4.74 Å². The molecule has 0 amide bonds. The molecule has 1 heterocycles. The number of allylic oxidation sites excluding steroid dienone is 2. The van der Waals surface area contributed by atoms with Crippen LogP contribution in [0.5, 0.6) is 5.75 Å². The molecule has 0 bridgehead atoms. The predicted octanol–water partition coefficient (Wildman–Crippen LogP) is 5.00. The zero-order chi connectivity index (χ0) is 21.5. The van der Waals surface area contributed by atoms with Gasteiger partial charge in [-0.1, -0.05) is 26.0 Å². The predicted molar refractivity (Wildman–Crippen MR) is 116 cm³/mol. The first kappa shape index (κ1) is 20.8. The molecule has 0 spiro atoms. The van der Waals surface area contributed by atoms with Crippen LogP contribution in [0, 0.1) is 11.3 Å². The fourth-order valence-corrected chi connectivity index (χ4v) is 5.17. The van der Waals surface area contributed by atoms with Crippen molar-refractivity contribution >= 4 is 17.5 Å². The first-order valence-electron chi connectivity index (χ1n) is 10.9. The standard InChI is InChI=1S/C25H31NO4/c1-15-21(24(28)30-18-7-5-6-8-18)22(16-9-11-17(29-4)12-10-16)23-19(26-15)13-25(2,3)14-20(23)27/h9-12,18,21-22H,5-8,13-14H2,1-4H3/t21?,22-/m1/s1. The Labute approximate surface area is 178 Å². The Morgan fingerprint density at radius 2 is 1.77 bits per heavy atom. The van der Waals surface area contributed by atoms with E-state index in [1.807, 2.05) is 31.2 Å². The molecule has 0 radical (unpaired) electrons. The quantitative estimate of drug-likeness (QED) is 0.657. The molecule has 4 rings (SSSR count). The molecule has 0 aromatic heterocycles. The highest BCUT2D eigenvalue weighted by molar-refractivity contribution is 6.09. The zero-order valence-electron chi connectivity index (χ0n) is 18.4. The summed E-state index contributed by atoms with van der Waals surface area (Å²) in [5, 5.41) is 0. The molecule has 5 heteroatoms. The van der Waals surface area contributed by atoms with Gasteiger partial charge >= 0.3 is 5.97 Å². The minimum Gasteiger partial charge on any atom is -0.497 e. The molecule has 1 aromatic rings. The van der Waals surface area contributed by atoms with Crippen molar-refractivity contribution in [1.82, 2.24) is 0 Å². The van der Waals surface area contributed by atoms with Crippen molar-refractivity contribution < 1.29 is 19.1 Å². The molecule has 30 heavy (non-hydrogen) atoms. The lowest BCUT2D eigenvalue weighted by molar-refractivity contribution is -0.151. The topological polar surface area (TPSA) is 65.0 Å². The highest BCUT2D eigenvalue weighted by Crippen LogP contribution is 2.48. The van der Waals surface area contributed by atoms with E-state index in [1.165, 1.54) is 0 Å². The van der Waals surface area contributed by atoms with E-state index in [0.29, 0.717) is 12.0 Å². The van der Waals surface area contributed by atoms with E-state index >= 15 is 0 Å². The largest absolute Gasteiger partial charge is 0.497 e. The lowest BCUT2D eigenvalue weighted by atomic mass is 9.67. The number of hydrogen-bond donors (Lipinski definition) is 0. The number of methoxy groups -OCH3 is 1. The van der Waals surface area contributed by atoms with Crippen molar-refractivity contribution in [3.63, 3.8) is 0 Å². The van der Waals surface area contributed by atoms with Crippen LogP contribution in [0.25, 0.3) is 0 Å². The summed E-state index contributed by atoms with van der Waals surface area (Å²) in [6, 6.07) is 7.67. The number of carbonyl (C=O) groups excluding carboxylic acids is 2. The molecule has 1 aliphatic heterocycles. The van der Waals surface area contributed by atoms with E-state index in [-0.39, 0.29) is 29.2 Å². The number of ether oxygens (including phenoxy) is 2. The van der Waals surface area contributed by atoms with E-state index in [0.717, 1.165) is 54.8 Å². The number of esters is 1. The van der Waals surface area contributed by atoms with Crippen molar-refractivity contribution in [2.24, 2.45) is 16.3 Å². The first-order chi connectivity index (χ1) is 14.3. The van der Waals surface area contributed by atoms with Crippen molar-refractivity contribution in [3.8, 4) is 5.75 Å². The lowest BCUT2D eigenvalue weighted by Gasteiger charge is -2.39. The number of Topliss-reactive ketones (excluding diaryl/α,β-unsaturated/α-hetero) is 1. The van der Waals surface area contributed by atoms with Crippen LogP contribution in [0.3, 0.4) is 0 Å². The van der Waals surface area contributed by atoms with E-state index in [4.69, 9.17) is 14.5 Å². The highest BCUT2D eigenvalue weighted by Gasteiger charge is 2.46. The van der Waals surface area contributed by atoms with Gasteiger partial charge in [-0.15, -0.1) is 0 Å². The van der Waals surface area contributed by atoms with Crippen LogP contribution in [0.1, 0.15) is 70.8 Å². The van der Waals surface area contributed by atoms with E-state index in [1.54, 1.807) is 7.11 Å². The monoisotopic (exact) mass is 409 g/mol. The molecule has 2 atom stereocenters. The maximum atomic E-state index is 13.3. The van der Waals surface area contributed by atoms with Crippen LogP contribution in [-0.2, 0) is 14.3 Å². The van der Waals surface area contributed by atoms with Gasteiger partial charge in [0.1, 0.15) is 17.8 Å². The summed E-state index contributed by atoms with van der Waals surface area (Å²) in [7, 11) is 1.63. The van der Waals surface area contributed by atoms with Crippen LogP contribution >= 0.6 is 0 Å². The number of rotatable bonds is 4. The second-order valence-corrected chi connectivity index (χ2v) is 9.63. The van der Waals surface area contributed by atoms with Gasteiger partial charge in [-0.3, -0.25) is 14.6 Å². The molecular weight excluding hydrogens is 378 g/mol. The number of ketones is 1. The molecule has 1 fully saturated rings. The molecule has 160 valence electrons. The van der Waals surface area contributed by atoms with Gasteiger partial charge < -0.3 is 9.47 Å². The van der Waals surface area contributed by atoms with Gasteiger partial charge in [-0.25, -0.2) is 0 Å². The second kappa shape index (κ2) is 8.01. The average Bonchev–Trinajstić information content (AvgIpc) is 3.18. The normalized spacial score (nSPS) is 26.3. The van der Waals surface area contributed by atoms with E-state index in [9.17, 15) is 9.59 Å². The third kappa shape index (κ3) is 3.94. The molecule has 2 aliphatic carbocycles. The number of aliphatic imine (C=N–C) groups is 1. The molecular formula is C25H31NO4. The van der Waals surface area contributed by atoms with Crippen LogP contribution in [0.2, 0.25) is 0 Å². The first-order valence-corrected chi connectivity index (χ1v) is 10.9. The number of benzene rings is 1. The van der Waals surface area contributed by atoms with Crippen LogP contribution in [0.15, 0.2) is 40.5 Å². The van der Waals surface area contributed by atoms with Gasteiger partial charge in [-0.2, -0.15) is 0 Å². The summed E-state index contributed by atoms with van der Waals surface area (Å²) < 4.78 is 11.2. The summed E-state index contributed by atoms with van der Waals surface area (Å²) >= 11 is 0. The zero-order valence-corrected chi connectivity index (χ0v) is 18.4. The summed E-state index contributed by atoms with van der Waals surface area (Å²) in [4.78, 5) is 31.4. The molecule has 5 nitrogen and oxygen atoms in total. The Hall–Kier alpha value is -2.43. The Kier molecular flexibility index (Phi) is 5.56. The van der Waals surface area contributed by atoms with Crippen LogP contribution in [-0.4, -0.2) is 30.7 Å². The summed E-state index contributed by atoms with van der Waals surface area (Å²) in [5.74, 6) is -0.343. The minimum atomic E-state index is -0.567. The fourth-order valence-electron chi connectivity index (χ4n) is 5.17. The number of hydrogen-bond acceptors (Lipinski definition) is 5. The van der Waals surface area contributed by atoms with Gasteiger partial charge in [0.15, 0.2) is 5.78 Å². The molecule has 3 aliphatic rings. The Morgan fingerprint density at radius 3 is 2.40 bits per heavy atom. The Bertz CT molecular complexity index is 904. The van der Waals surface area contributed by atoms with Gasteiger partial charge in [0.05, 0.1) is 7.11 Å². The smallest absolute Gasteiger partial charge is 0.315 e. The number of carbonyl (C=O) groups is 2. The summed E-state index contributed by atoms with van der Waals surface area (Å²) in [6.07, 6.45) is 5.23. The maximum Gasteiger partial charge on any atom is 0.315 e. The van der Waals surface area contributed by atoms with E-state index < -0.39 is 5.92 Å². The maximum absolute atomic E-state index is 13.3. The highest BCUT2D eigenvalue weighted by atomic mass is 16.5. The molecule has 0 saturated heterocycles. The number of nitrogens with zero attached hydrogens (tertiary/aromatic N) is 1. The lowest BCUT2D eigenvalue weighted by Crippen LogP contribution is -2.40. The van der Waals surface area contributed by atoms with Crippen molar-refractivity contribution in [1.29, 1.82) is 0 Å². The Balaban J connectivity index is 1.76. The van der Waals surface area contributed by atoms with Gasteiger partial charge in [0.25, 0.3) is 0 Å². The molecule has 1 aromatic carbocycles. The summed E-state index contributed by atoms with van der Waals surface area (Å²) in [6.45, 7) is 6.09. The second-order valence-electron chi connectivity index (χ2n) is 9.63. The molecule has 0 N–H and O–H groups in total. The van der Waals surface area contributed by atoms with Gasteiger partial charge in [0, 0.05) is 29.3 Å². The minimum absolute atomic E-state index is 0.0156. The van der Waals surface area contributed by atoms with Crippen molar-refractivity contribution in [3.05, 3.63) is 41.1 Å². The molecule has 1 saturated carbocycles. The third-order valence-corrected chi connectivity index (χ3v) is 6.62. The van der Waals surface area contributed by atoms with Crippen LogP contribution in [0.4, 0.5) is 0 Å². The van der Waals surface area contributed by atoms with Gasteiger partial charge in [-0.05, 0) is 62.1 Å². The SMILES string of the molecule is COc1ccc([C@H]2C3=C(CC(C)(C)CC3=O)N=C(C)C2C(=O)OC2CCCC2)cc1. The third-order valence-electron chi connectivity index (χ3n) is 6.62. The van der Waals surface area contributed by atoms with Gasteiger partial charge in [0.2, 0.25) is 0 Å². The molecule has 1 unspecified atom stereocenters. The fraction of sp³-hybridized carbons (Fsp3) is 0.560. The Morgan fingerprint density at radius 1 is 1.10 bits per heavy atom. The van der Waals surface area contributed by atoms with E-state index in [2.05, 4.69) is 13.8 Å². The van der Waals surface area contributed by atoms with Crippen molar-refractivity contribution in [2.45, 2.75) is 71.3 Å². The summed E-state index contributed by atoms with van der Waals surface area (Å²) in [5.41, 5.74) is 3.07. The average molecular weight is 410 g/mol.